The Bertz CT molecular complexity index is 102. The molecule has 0 radical (unpaired) electrons. The second-order valence-electron chi connectivity index (χ2n) is 2.74. The number of hydrazine groups is 1. The van der Waals surface area contributed by atoms with E-state index >= 15 is 0 Å². The maximum atomic E-state index is 5.43. The maximum absolute atomic E-state index is 5.43. The predicted octanol–water partition coefficient (Wildman–Crippen LogP) is -0.406. The Kier molecular flexibility index (Phi) is 1.22. The molecule has 0 saturated carbocycles. The molecule has 0 aliphatic carbocycles. The SMILES string of the molecule is CNN1CC2C[C@H](C1)O2. The summed E-state index contributed by atoms with van der Waals surface area (Å²) in [6, 6.07) is 0. The third kappa shape index (κ3) is 0.852. The third-order valence-corrected chi connectivity index (χ3v) is 2.07. The lowest BCUT2D eigenvalue weighted by Crippen LogP contribution is -2.60. The molecule has 3 rings (SSSR count). The number of fused-ring (bicyclic) bond motifs is 2. The van der Waals surface area contributed by atoms with E-state index in [1.165, 1.54) is 6.42 Å². The van der Waals surface area contributed by atoms with Crippen LogP contribution in [-0.2, 0) is 4.74 Å². The minimum atomic E-state index is 0.524. The summed E-state index contributed by atoms with van der Waals surface area (Å²) >= 11 is 0. The molecule has 3 aliphatic heterocycles. The van der Waals surface area contributed by atoms with Gasteiger partial charge in [-0.15, -0.1) is 0 Å². The number of morpholine rings is 1. The molecule has 2 bridgehead atoms. The fourth-order valence-corrected chi connectivity index (χ4v) is 1.54. The molecule has 1 N–H and O–H groups in total. The first-order valence-corrected chi connectivity index (χ1v) is 3.46. The van der Waals surface area contributed by atoms with Crippen LogP contribution in [0.5, 0.6) is 0 Å². The molecular weight excluding hydrogens is 116 g/mol. The Hall–Kier alpha value is -0.120. The van der Waals surface area contributed by atoms with Crippen molar-refractivity contribution in [3.8, 4) is 0 Å². The Morgan fingerprint density at radius 3 is 2.33 bits per heavy atom. The number of ether oxygens (including phenoxy) is 1. The van der Waals surface area contributed by atoms with Gasteiger partial charge in [0.1, 0.15) is 0 Å². The van der Waals surface area contributed by atoms with E-state index < -0.39 is 0 Å². The minimum Gasteiger partial charge on any atom is -0.372 e. The summed E-state index contributed by atoms with van der Waals surface area (Å²) in [5.74, 6) is 0. The molecule has 3 heterocycles. The van der Waals surface area contributed by atoms with Gasteiger partial charge in [-0.3, -0.25) is 5.43 Å². The molecule has 3 aliphatic rings. The Labute approximate surface area is 54.9 Å². The molecule has 3 saturated heterocycles. The van der Waals surface area contributed by atoms with Crippen LogP contribution in [0.4, 0.5) is 0 Å². The van der Waals surface area contributed by atoms with Gasteiger partial charge in [0.2, 0.25) is 0 Å². The summed E-state index contributed by atoms with van der Waals surface area (Å²) in [7, 11) is 1.96. The summed E-state index contributed by atoms with van der Waals surface area (Å²) in [6.07, 6.45) is 2.32. The Morgan fingerprint density at radius 1 is 1.44 bits per heavy atom. The average Bonchev–Trinajstić information content (AvgIpc) is 1.87. The van der Waals surface area contributed by atoms with Gasteiger partial charge >= 0.3 is 0 Å². The highest BCUT2D eigenvalue weighted by Gasteiger charge is 2.37. The molecule has 52 valence electrons. The Morgan fingerprint density at radius 2 is 2.00 bits per heavy atom. The number of nitrogens with one attached hydrogen (secondary N) is 1. The van der Waals surface area contributed by atoms with Crippen LogP contribution in [0.1, 0.15) is 6.42 Å². The zero-order chi connectivity index (χ0) is 6.27. The van der Waals surface area contributed by atoms with E-state index in [0.717, 1.165) is 13.1 Å². The first kappa shape index (κ1) is 5.65. The van der Waals surface area contributed by atoms with Gasteiger partial charge < -0.3 is 4.74 Å². The molecule has 0 aromatic carbocycles. The van der Waals surface area contributed by atoms with Crippen LogP contribution in [0.15, 0.2) is 0 Å². The zero-order valence-corrected chi connectivity index (χ0v) is 5.63. The number of piperidine rings is 1. The highest BCUT2D eigenvalue weighted by molar-refractivity contribution is 4.87. The van der Waals surface area contributed by atoms with E-state index in [-0.39, 0.29) is 0 Å². The van der Waals surface area contributed by atoms with Crippen molar-refractivity contribution in [2.24, 2.45) is 0 Å². The van der Waals surface area contributed by atoms with E-state index in [0.29, 0.717) is 12.2 Å². The highest BCUT2D eigenvalue weighted by atomic mass is 16.5. The summed E-state index contributed by atoms with van der Waals surface area (Å²) in [5, 5.41) is 2.21. The first-order valence-electron chi connectivity index (χ1n) is 3.46. The van der Waals surface area contributed by atoms with Crippen molar-refractivity contribution in [1.82, 2.24) is 10.4 Å². The molecule has 0 amide bonds. The quantitative estimate of drug-likeness (QED) is 0.519. The average molecular weight is 128 g/mol. The second-order valence-corrected chi connectivity index (χ2v) is 2.74. The van der Waals surface area contributed by atoms with Gasteiger partial charge in [-0.2, -0.15) is 0 Å². The zero-order valence-electron chi connectivity index (χ0n) is 5.63. The lowest BCUT2D eigenvalue weighted by atomic mass is 10.0. The number of rotatable bonds is 1. The van der Waals surface area contributed by atoms with E-state index in [1.807, 2.05) is 7.05 Å². The lowest BCUT2D eigenvalue weighted by molar-refractivity contribution is -0.189. The number of hydrogen-bond donors (Lipinski definition) is 1. The van der Waals surface area contributed by atoms with Crippen molar-refractivity contribution < 1.29 is 4.74 Å². The monoisotopic (exact) mass is 128 g/mol. The summed E-state index contributed by atoms with van der Waals surface area (Å²) in [4.78, 5) is 0. The van der Waals surface area contributed by atoms with E-state index in [4.69, 9.17) is 4.74 Å². The Balaban J connectivity index is 1.89. The van der Waals surface area contributed by atoms with Crippen LogP contribution in [-0.4, -0.2) is 37.4 Å². The van der Waals surface area contributed by atoms with Gasteiger partial charge in [-0.05, 0) is 7.05 Å². The normalized spacial score (nSPS) is 42.3. The van der Waals surface area contributed by atoms with Crippen LogP contribution in [0.25, 0.3) is 0 Å². The fraction of sp³-hybridized carbons (Fsp3) is 1.00. The molecule has 0 aromatic heterocycles. The highest BCUT2D eigenvalue weighted by Crippen LogP contribution is 2.26. The van der Waals surface area contributed by atoms with Crippen molar-refractivity contribution >= 4 is 0 Å². The van der Waals surface area contributed by atoms with Crippen LogP contribution < -0.4 is 5.43 Å². The molecule has 9 heavy (non-hydrogen) atoms. The smallest absolute Gasteiger partial charge is 0.0745 e. The van der Waals surface area contributed by atoms with Crippen molar-refractivity contribution in [3.05, 3.63) is 0 Å². The van der Waals surface area contributed by atoms with Gasteiger partial charge in [0.15, 0.2) is 0 Å². The molecule has 1 unspecified atom stereocenters. The molecule has 3 fully saturated rings. The van der Waals surface area contributed by atoms with E-state index in [1.54, 1.807) is 0 Å². The summed E-state index contributed by atoms with van der Waals surface area (Å²) < 4.78 is 5.43. The second kappa shape index (κ2) is 1.94. The topological polar surface area (TPSA) is 24.5 Å². The van der Waals surface area contributed by atoms with Crippen molar-refractivity contribution in [3.63, 3.8) is 0 Å². The molecule has 0 aromatic rings. The fourth-order valence-electron chi connectivity index (χ4n) is 1.54. The van der Waals surface area contributed by atoms with E-state index in [9.17, 15) is 0 Å². The largest absolute Gasteiger partial charge is 0.372 e. The predicted molar refractivity (Wildman–Crippen MR) is 33.9 cm³/mol. The van der Waals surface area contributed by atoms with Crippen molar-refractivity contribution in [2.75, 3.05) is 20.1 Å². The number of nitrogens with zero attached hydrogens (tertiary/aromatic N) is 1. The van der Waals surface area contributed by atoms with Crippen LogP contribution >= 0.6 is 0 Å². The van der Waals surface area contributed by atoms with Gasteiger partial charge in [-0.1, -0.05) is 0 Å². The first-order chi connectivity index (χ1) is 4.38. The van der Waals surface area contributed by atoms with E-state index in [2.05, 4.69) is 10.4 Å². The van der Waals surface area contributed by atoms with Crippen LogP contribution in [0.2, 0.25) is 0 Å². The minimum absolute atomic E-state index is 0.524. The van der Waals surface area contributed by atoms with Crippen molar-refractivity contribution in [2.45, 2.75) is 18.6 Å². The molecule has 3 heteroatoms. The summed E-state index contributed by atoms with van der Waals surface area (Å²) in [5.41, 5.74) is 3.12. The van der Waals surface area contributed by atoms with Gasteiger partial charge in [0.05, 0.1) is 12.2 Å². The van der Waals surface area contributed by atoms with Gasteiger partial charge in [0.25, 0.3) is 0 Å². The molecular formula is C6H12N2O. The standard InChI is InChI=1S/C6H12N2O/c1-7-8-3-5-2-6(4-8)9-5/h5-7H,2-4H2,1H3/t5-,6?/m1/s1. The molecule has 3 nitrogen and oxygen atoms in total. The van der Waals surface area contributed by atoms with Gasteiger partial charge in [0, 0.05) is 19.5 Å². The van der Waals surface area contributed by atoms with Crippen LogP contribution in [0.3, 0.4) is 0 Å². The maximum Gasteiger partial charge on any atom is 0.0745 e. The van der Waals surface area contributed by atoms with Crippen molar-refractivity contribution in [1.29, 1.82) is 0 Å². The number of hydrogen-bond acceptors (Lipinski definition) is 3. The third-order valence-electron chi connectivity index (χ3n) is 2.07. The molecule has 2 atom stereocenters. The molecule has 0 spiro atoms. The van der Waals surface area contributed by atoms with Gasteiger partial charge in [-0.25, -0.2) is 5.01 Å². The lowest BCUT2D eigenvalue weighted by Gasteiger charge is -2.46. The van der Waals surface area contributed by atoms with Crippen LogP contribution in [0, 0.1) is 0 Å². The summed E-state index contributed by atoms with van der Waals surface area (Å²) in [6.45, 7) is 2.12.